The molecular weight excluding hydrogens is 454 g/mol. The lowest BCUT2D eigenvalue weighted by molar-refractivity contribution is 0.0906. The van der Waals surface area contributed by atoms with Gasteiger partial charge in [0.2, 0.25) is 0 Å². The van der Waals surface area contributed by atoms with E-state index in [1.807, 2.05) is 43.5 Å². The Morgan fingerprint density at radius 2 is 1.78 bits per heavy atom. The molecule has 0 radical (unpaired) electrons. The quantitative estimate of drug-likeness (QED) is 0.438. The van der Waals surface area contributed by atoms with Gasteiger partial charge in [0.25, 0.3) is 5.91 Å². The number of aromatic nitrogens is 2. The number of nitrogens with one attached hydrogen (secondary N) is 2. The van der Waals surface area contributed by atoms with Crippen LogP contribution in [0.4, 0.5) is 28.7 Å². The maximum Gasteiger partial charge on any atom is 0.252 e. The monoisotopic (exact) mass is 487 g/mol. The Hall–Kier alpha value is -3.85. The predicted molar refractivity (Wildman–Crippen MR) is 143 cm³/mol. The van der Waals surface area contributed by atoms with Crippen molar-refractivity contribution in [1.82, 2.24) is 14.9 Å². The number of rotatable bonds is 8. The molecule has 0 unspecified atom stereocenters. The molecule has 3 aromatic rings. The highest BCUT2D eigenvalue weighted by atomic mass is 16.5. The highest BCUT2D eigenvalue weighted by molar-refractivity contribution is 5.99. The summed E-state index contributed by atoms with van der Waals surface area (Å²) in [4.78, 5) is 25.8. The molecule has 2 aromatic heterocycles. The minimum absolute atomic E-state index is 0.288. The SMILES string of the molecule is CCOc1ccccc1Nc1cc(Nc2ccc(N3CC4(CCN(C)CC4)C3)cn2)ncc1C(N)=O. The summed E-state index contributed by atoms with van der Waals surface area (Å²) in [6.45, 7) is 7.03. The standard InChI is InChI=1S/C27H33N7O2/c1-3-36-23-7-5-4-6-21(23)31-22-14-25(30-16-20(22)26(28)35)32-24-9-8-19(15-29-24)34-17-27(18-34)10-12-33(2)13-11-27/h4-9,14-16H,3,10-13,17-18H2,1-2H3,(H2,28,35)(H2,29,30,31,32). The first kappa shape index (κ1) is 23.9. The third-order valence-electron chi connectivity index (χ3n) is 7.10. The molecule has 2 fully saturated rings. The molecule has 0 bridgehead atoms. The van der Waals surface area contributed by atoms with Gasteiger partial charge in [-0.2, -0.15) is 0 Å². The number of piperidine rings is 1. The molecule has 1 aromatic carbocycles. The van der Waals surface area contributed by atoms with Crippen LogP contribution < -0.4 is 26.0 Å². The molecule has 4 heterocycles. The van der Waals surface area contributed by atoms with Gasteiger partial charge in [-0.3, -0.25) is 4.79 Å². The number of pyridine rings is 2. The smallest absolute Gasteiger partial charge is 0.252 e. The fourth-order valence-electron chi connectivity index (χ4n) is 4.95. The molecule has 2 aliphatic heterocycles. The average molecular weight is 488 g/mol. The predicted octanol–water partition coefficient (Wildman–Crippen LogP) is 3.99. The minimum atomic E-state index is -0.565. The number of likely N-dealkylation sites (tertiary alicyclic amines) is 1. The number of nitrogens with zero attached hydrogens (tertiary/aromatic N) is 4. The summed E-state index contributed by atoms with van der Waals surface area (Å²) in [5.74, 6) is 1.34. The minimum Gasteiger partial charge on any atom is -0.492 e. The van der Waals surface area contributed by atoms with Crippen molar-refractivity contribution >= 4 is 34.6 Å². The van der Waals surface area contributed by atoms with Crippen molar-refractivity contribution < 1.29 is 9.53 Å². The summed E-state index contributed by atoms with van der Waals surface area (Å²) in [7, 11) is 2.20. The average Bonchev–Trinajstić information content (AvgIpc) is 2.85. The second-order valence-corrected chi connectivity index (χ2v) is 9.72. The van der Waals surface area contributed by atoms with Gasteiger partial charge >= 0.3 is 0 Å². The fraction of sp³-hybridized carbons (Fsp3) is 0.370. The van der Waals surface area contributed by atoms with Gasteiger partial charge in [0.15, 0.2) is 0 Å². The number of hydrogen-bond acceptors (Lipinski definition) is 8. The zero-order valence-corrected chi connectivity index (χ0v) is 20.8. The van der Waals surface area contributed by atoms with Gasteiger partial charge in [-0.1, -0.05) is 12.1 Å². The van der Waals surface area contributed by atoms with Gasteiger partial charge in [0, 0.05) is 30.8 Å². The highest BCUT2D eigenvalue weighted by Crippen LogP contribution is 2.42. The highest BCUT2D eigenvalue weighted by Gasteiger charge is 2.44. The van der Waals surface area contributed by atoms with Crippen molar-refractivity contribution in [3.63, 3.8) is 0 Å². The molecule has 188 valence electrons. The lowest BCUT2D eigenvalue weighted by atomic mass is 9.72. The van der Waals surface area contributed by atoms with E-state index in [0.717, 1.165) is 24.5 Å². The third kappa shape index (κ3) is 5.06. The Bertz CT molecular complexity index is 1220. The topological polar surface area (TPSA) is 109 Å². The molecule has 9 nitrogen and oxygen atoms in total. The van der Waals surface area contributed by atoms with Crippen LogP contribution in [-0.4, -0.2) is 60.6 Å². The number of anilines is 5. The number of carbonyl (C=O) groups excluding carboxylic acids is 1. The van der Waals surface area contributed by atoms with Gasteiger partial charge in [0.1, 0.15) is 17.4 Å². The summed E-state index contributed by atoms with van der Waals surface area (Å²) < 4.78 is 5.70. The van der Waals surface area contributed by atoms with E-state index in [0.29, 0.717) is 35.1 Å². The first-order valence-corrected chi connectivity index (χ1v) is 12.4. The van der Waals surface area contributed by atoms with Crippen molar-refractivity contribution in [2.75, 3.05) is 55.4 Å². The van der Waals surface area contributed by atoms with Gasteiger partial charge in [0.05, 0.1) is 35.4 Å². The maximum atomic E-state index is 12.0. The summed E-state index contributed by atoms with van der Waals surface area (Å²) in [6, 6.07) is 13.3. The first-order valence-electron chi connectivity index (χ1n) is 12.4. The van der Waals surface area contributed by atoms with E-state index in [4.69, 9.17) is 10.5 Å². The number of primary amides is 1. The number of carbonyl (C=O) groups is 1. The summed E-state index contributed by atoms with van der Waals surface area (Å²) in [5, 5.41) is 6.50. The van der Waals surface area contributed by atoms with Crippen LogP contribution >= 0.6 is 0 Å². The number of amides is 1. The van der Waals surface area contributed by atoms with E-state index in [9.17, 15) is 4.79 Å². The van der Waals surface area contributed by atoms with E-state index < -0.39 is 5.91 Å². The molecule has 36 heavy (non-hydrogen) atoms. The molecule has 1 spiro atoms. The molecule has 4 N–H and O–H groups in total. The molecule has 2 saturated heterocycles. The third-order valence-corrected chi connectivity index (χ3v) is 7.10. The number of hydrogen-bond donors (Lipinski definition) is 3. The van der Waals surface area contributed by atoms with Crippen molar-refractivity contribution in [2.24, 2.45) is 11.1 Å². The van der Waals surface area contributed by atoms with Crippen LogP contribution in [0.1, 0.15) is 30.1 Å². The van der Waals surface area contributed by atoms with Gasteiger partial charge in [-0.05, 0) is 64.2 Å². The Morgan fingerprint density at radius 3 is 2.47 bits per heavy atom. The first-order chi connectivity index (χ1) is 17.4. The molecule has 2 aliphatic rings. The van der Waals surface area contributed by atoms with Crippen molar-refractivity contribution in [3.8, 4) is 5.75 Å². The Morgan fingerprint density at radius 1 is 1.03 bits per heavy atom. The van der Waals surface area contributed by atoms with Crippen molar-refractivity contribution in [3.05, 3.63) is 60.4 Å². The maximum absolute atomic E-state index is 12.0. The molecular formula is C27H33N7O2. The molecule has 5 rings (SSSR count). The second-order valence-electron chi connectivity index (χ2n) is 9.72. The summed E-state index contributed by atoms with van der Waals surface area (Å²) >= 11 is 0. The molecule has 0 aliphatic carbocycles. The number of nitrogens with two attached hydrogens (primary N) is 1. The second kappa shape index (κ2) is 10.0. The normalized spacial score (nSPS) is 16.9. The van der Waals surface area contributed by atoms with Crippen LogP contribution in [0.15, 0.2) is 54.9 Å². The van der Waals surface area contributed by atoms with Crippen LogP contribution in [0.3, 0.4) is 0 Å². The van der Waals surface area contributed by atoms with Crippen molar-refractivity contribution in [1.29, 1.82) is 0 Å². The number of para-hydroxylation sites is 2. The van der Waals surface area contributed by atoms with Crippen LogP contribution in [0, 0.1) is 5.41 Å². The lowest BCUT2D eigenvalue weighted by Crippen LogP contribution is -2.60. The largest absolute Gasteiger partial charge is 0.492 e. The number of benzene rings is 1. The van der Waals surface area contributed by atoms with E-state index in [-0.39, 0.29) is 5.56 Å². The molecule has 0 atom stereocenters. The van der Waals surface area contributed by atoms with Gasteiger partial charge < -0.3 is 30.9 Å². The van der Waals surface area contributed by atoms with E-state index in [2.05, 4.69) is 43.5 Å². The van der Waals surface area contributed by atoms with E-state index >= 15 is 0 Å². The lowest BCUT2D eigenvalue weighted by Gasteiger charge is -2.54. The zero-order valence-electron chi connectivity index (χ0n) is 20.8. The zero-order chi connectivity index (χ0) is 25.1. The summed E-state index contributed by atoms with van der Waals surface area (Å²) in [6.07, 6.45) is 5.90. The summed E-state index contributed by atoms with van der Waals surface area (Å²) in [5.41, 5.74) is 8.77. The van der Waals surface area contributed by atoms with Gasteiger partial charge in [-0.15, -0.1) is 0 Å². The van der Waals surface area contributed by atoms with E-state index in [1.54, 1.807) is 6.07 Å². The molecule has 1 amide bonds. The van der Waals surface area contributed by atoms with Crippen LogP contribution in [-0.2, 0) is 0 Å². The van der Waals surface area contributed by atoms with E-state index in [1.165, 1.54) is 32.1 Å². The van der Waals surface area contributed by atoms with Crippen LogP contribution in [0.5, 0.6) is 5.75 Å². The fourth-order valence-corrected chi connectivity index (χ4v) is 4.95. The Labute approximate surface area is 211 Å². The number of ether oxygens (including phenoxy) is 1. The van der Waals surface area contributed by atoms with Crippen LogP contribution in [0.2, 0.25) is 0 Å². The van der Waals surface area contributed by atoms with Crippen molar-refractivity contribution in [2.45, 2.75) is 19.8 Å². The molecule has 9 heteroatoms. The van der Waals surface area contributed by atoms with Gasteiger partial charge in [-0.25, -0.2) is 9.97 Å². The Balaban J connectivity index is 1.28. The molecule has 0 saturated carbocycles. The van der Waals surface area contributed by atoms with Crippen LogP contribution in [0.25, 0.3) is 0 Å². The Kier molecular flexibility index (Phi) is 6.65.